The monoisotopic (exact) mass is 313 g/mol. The van der Waals surface area contributed by atoms with Crippen molar-refractivity contribution in [2.75, 3.05) is 25.0 Å². The Hall–Kier alpha value is -1.63. The minimum atomic E-state index is -0.379. The number of hydrogen-bond acceptors (Lipinski definition) is 6. The van der Waals surface area contributed by atoms with Gasteiger partial charge in [-0.3, -0.25) is 4.79 Å². The molecule has 7 heteroatoms. The van der Waals surface area contributed by atoms with Gasteiger partial charge in [-0.05, 0) is 31.3 Å². The summed E-state index contributed by atoms with van der Waals surface area (Å²) in [5.41, 5.74) is 1.11. The van der Waals surface area contributed by atoms with Crippen LogP contribution in [-0.2, 0) is 9.53 Å². The lowest BCUT2D eigenvalue weighted by molar-refractivity contribution is -0.120. The molecule has 0 atom stereocenters. The van der Waals surface area contributed by atoms with Crippen LogP contribution < -0.4 is 10.6 Å². The number of carbonyl (C=O) groups is 2. The molecule has 1 aromatic heterocycles. The number of ether oxygens (including phenoxy) is 1. The Balaban J connectivity index is 2.49. The molecule has 0 spiro atoms. The van der Waals surface area contributed by atoms with Crippen molar-refractivity contribution in [3.63, 3.8) is 0 Å². The fourth-order valence-electron chi connectivity index (χ4n) is 1.63. The molecule has 0 saturated heterocycles. The van der Waals surface area contributed by atoms with Gasteiger partial charge in [0.05, 0.1) is 12.3 Å². The summed E-state index contributed by atoms with van der Waals surface area (Å²) in [6, 6.07) is 0. The first kappa shape index (κ1) is 17.4. The second-order valence-electron chi connectivity index (χ2n) is 5.07. The third-order valence-corrected chi connectivity index (χ3v) is 3.58. The maximum absolute atomic E-state index is 11.8. The van der Waals surface area contributed by atoms with Gasteiger partial charge in [0.15, 0.2) is 0 Å². The molecule has 1 heterocycles. The van der Waals surface area contributed by atoms with E-state index in [1.807, 2.05) is 13.8 Å². The highest BCUT2D eigenvalue weighted by Crippen LogP contribution is 2.25. The van der Waals surface area contributed by atoms with Crippen molar-refractivity contribution in [2.24, 2.45) is 5.92 Å². The van der Waals surface area contributed by atoms with E-state index in [1.54, 1.807) is 13.8 Å². The van der Waals surface area contributed by atoms with Crippen LogP contribution in [0.5, 0.6) is 0 Å². The van der Waals surface area contributed by atoms with Crippen molar-refractivity contribution in [1.82, 2.24) is 9.69 Å². The standard InChI is InChI=1S/C14H23N3O3S/c1-5-20-14(19)12-10(4)17-21-13(12)15-7-6-11(18)16-8-9(2)3/h9,15H,5-8H2,1-4H3,(H,16,18). The number of hydrogen-bond donors (Lipinski definition) is 2. The summed E-state index contributed by atoms with van der Waals surface area (Å²) in [6.07, 6.45) is 0.353. The quantitative estimate of drug-likeness (QED) is 0.719. The summed E-state index contributed by atoms with van der Waals surface area (Å²) in [5.74, 6) is 0.0482. The lowest BCUT2D eigenvalue weighted by Crippen LogP contribution is -2.28. The molecule has 2 N–H and O–H groups in total. The Morgan fingerprint density at radius 1 is 1.38 bits per heavy atom. The number of aromatic nitrogens is 1. The van der Waals surface area contributed by atoms with Gasteiger partial charge >= 0.3 is 5.97 Å². The lowest BCUT2D eigenvalue weighted by atomic mass is 10.2. The van der Waals surface area contributed by atoms with E-state index in [2.05, 4.69) is 15.0 Å². The third-order valence-electron chi connectivity index (χ3n) is 2.69. The molecule has 0 aliphatic carbocycles. The van der Waals surface area contributed by atoms with E-state index in [1.165, 1.54) is 11.5 Å². The van der Waals surface area contributed by atoms with E-state index in [9.17, 15) is 9.59 Å². The Labute approximate surface area is 129 Å². The largest absolute Gasteiger partial charge is 0.462 e. The number of esters is 1. The van der Waals surface area contributed by atoms with Crippen molar-refractivity contribution < 1.29 is 14.3 Å². The van der Waals surface area contributed by atoms with Crippen LogP contribution in [-0.4, -0.2) is 35.9 Å². The normalized spacial score (nSPS) is 10.5. The molecule has 0 fully saturated rings. The zero-order valence-corrected chi connectivity index (χ0v) is 13.8. The summed E-state index contributed by atoms with van der Waals surface area (Å²) in [5, 5.41) is 6.59. The van der Waals surface area contributed by atoms with Crippen LogP contribution in [0.1, 0.15) is 43.2 Å². The molecule has 0 aromatic carbocycles. The van der Waals surface area contributed by atoms with E-state index in [0.717, 1.165) is 0 Å². The van der Waals surface area contributed by atoms with Gasteiger partial charge in [-0.15, -0.1) is 0 Å². The SMILES string of the molecule is CCOC(=O)c1c(C)nsc1NCCC(=O)NCC(C)C. The minimum Gasteiger partial charge on any atom is -0.462 e. The van der Waals surface area contributed by atoms with Gasteiger partial charge in [0, 0.05) is 19.5 Å². The molecule has 21 heavy (non-hydrogen) atoms. The molecule has 1 aromatic rings. The summed E-state index contributed by atoms with van der Waals surface area (Å²) in [4.78, 5) is 23.5. The minimum absolute atomic E-state index is 0.00452. The van der Waals surface area contributed by atoms with Crippen molar-refractivity contribution in [2.45, 2.75) is 34.1 Å². The van der Waals surface area contributed by atoms with Crippen LogP contribution in [0.3, 0.4) is 0 Å². The molecule has 0 aliphatic heterocycles. The second-order valence-corrected chi connectivity index (χ2v) is 5.84. The van der Waals surface area contributed by atoms with Gasteiger partial charge in [-0.1, -0.05) is 13.8 Å². The average Bonchev–Trinajstić information content (AvgIpc) is 2.78. The smallest absolute Gasteiger partial charge is 0.343 e. The molecule has 1 rings (SSSR count). The van der Waals surface area contributed by atoms with Gasteiger partial charge in [0.2, 0.25) is 5.91 Å². The molecule has 0 unspecified atom stereocenters. The van der Waals surface area contributed by atoms with Crippen LogP contribution in [0.2, 0.25) is 0 Å². The molecular formula is C14H23N3O3S. The predicted molar refractivity (Wildman–Crippen MR) is 83.8 cm³/mol. The maximum atomic E-state index is 11.8. The first-order chi connectivity index (χ1) is 9.95. The number of rotatable bonds is 8. The van der Waals surface area contributed by atoms with Gasteiger partial charge in [-0.2, -0.15) is 4.37 Å². The summed E-state index contributed by atoms with van der Waals surface area (Å²) >= 11 is 1.21. The van der Waals surface area contributed by atoms with Crippen molar-refractivity contribution >= 4 is 28.4 Å². The molecule has 0 aliphatic rings. The van der Waals surface area contributed by atoms with E-state index in [-0.39, 0.29) is 11.9 Å². The number of aryl methyl sites for hydroxylation is 1. The Bertz CT molecular complexity index is 486. The Morgan fingerprint density at radius 3 is 2.71 bits per heavy atom. The number of nitrogens with one attached hydrogen (secondary N) is 2. The van der Waals surface area contributed by atoms with E-state index in [0.29, 0.717) is 48.3 Å². The highest BCUT2D eigenvalue weighted by Gasteiger charge is 2.19. The second kappa shape index (κ2) is 8.61. The Morgan fingerprint density at radius 2 is 2.10 bits per heavy atom. The highest BCUT2D eigenvalue weighted by molar-refractivity contribution is 7.10. The van der Waals surface area contributed by atoms with Crippen molar-refractivity contribution in [3.05, 3.63) is 11.3 Å². The predicted octanol–water partition coefficient (Wildman–Crippen LogP) is 2.20. The van der Waals surface area contributed by atoms with Crippen molar-refractivity contribution in [3.8, 4) is 0 Å². The zero-order valence-electron chi connectivity index (χ0n) is 13.0. The third kappa shape index (κ3) is 5.71. The van der Waals surface area contributed by atoms with Crippen molar-refractivity contribution in [1.29, 1.82) is 0 Å². The van der Waals surface area contributed by atoms with E-state index >= 15 is 0 Å². The summed E-state index contributed by atoms with van der Waals surface area (Å²) < 4.78 is 9.16. The fourth-order valence-corrected chi connectivity index (χ4v) is 2.44. The lowest BCUT2D eigenvalue weighted by Gasteiger charge is -2.09. The Kier molecular flexibility index (Phi) is 7.14. The number of carbonyl (C=O) groups excluding carboxylic acids is 2. The van der Waals surface area contributed by atoms with Gasteiger partial charge < -0.3 is 15.4 Å². The molecule has 0 radical (unpaired) electrons. The first-order valence-electron chi connectivity index (χ1n) is 7.09. The van der Waals surface area contributed by atoms with Crippen LogP contribution in [0, 0.1) is 12.8 Å². The van der Waals surface area contributed by atoms with Gasteiger partial charge in [-0.25, -0.2) is 4.79 Å². The van der Waals surface area contributed by atoms with Crippen LogP contribution >= 0.6 is 11.5 Å². The molecular weight excluding hydrogens is 290 g/mol. The summed E-state index contributed by atoms with van der Waals surface area (Å²) in [6.45, 7) is 9.08. The first-order valence-corrected chi connectivity index (χ1v) is 7.87. The maximum Gasteiger partial charge on any atom is 0.343 e. The molecule has 1 amide bonds. The molecule has 0 bridgehead atoms. The summed E-state index contributed by atoms with van der Waals surface area (Å²) in [7, 11) is 0. The fraction of sp³-hybridized carbons (Fsp3) is 0.643. The number of amides is 1. The molecule has 118 valence electrons. The van der Waals surface area contributed by atoms with E-state index in [4.69, 9.17) is 4.74 Å². The highest BCUT2D eigenvalue weighted by atomic mass is 32.1. The molecule has 6 nitrogen and oxygen atoms in total. The van der Waals surface area contributed by atoms with Crippen LogP contribution in [0.4, 0.5) is 5.00 Å². The average molecular weight is 313 g/mol. The van der Waals surface area contributed by atoms with Gasteiger partial charge in [0.1, 0.15) is 10.6 Å². The number of nitrogens with zero attached hydrogens (tertiary/aromatic N) is 1. The number of anilines is 1. The topological polar surface area (TPSA) is 80.3 Å². The van der Waals surface area contributed by atoms with E-state index < -0.39 is 0 Å². The van der Waals surface area contributed by atoms with Gasteiger partial charge in [0.25, 0.3) is 0 Å². The zero-order chi connectivity index (χ0) is 15.8. The molecule has 0 saturated carbocycles. The van der Waals surface area contributed by atoms with Crippen LogP contribution in [0.25, 0.3) is 0 Å². The van der Waals surface area contributed by atoms with Crippen LogP contribution in [0.15, 0.2) is 0 Å².